The van der Waals surface area contributed by atoms with Crippen molar-refractivity contribution in [3.8, 4) is 55.9 Å². The largest absolute Gasteiger partial charge is 0.313 e. The second kappa shape index (κ2) is 15.5. The summed E-state index contributed by atoms with van der Waals surface area (Å²) in [7, 11) is 0. The third-order valence-corrected chi connectivity index (χ3v) is 16.1. The van der Waals surface area contributed by atoms with Crippen LogP contribution in [0.1, 0.15) is 34.4 Å². The average Bonchev–Trinajstić information content (AvgIpc) is 4.15. The Morgan fingerprint density at radius 2 is 0.958 bits per heavy atom. The van der Waals surface area contributed by atoms with Gasteiger partial charge < -0.3 is 13.5 Å². The molecule has 0 amide bonds. The SMILES string of the molecule is Cc1cc2c3c(n(-c4ccccc4)c2cc1-c1cccc(-c2c(C)c(-c4ccccc4)c4c5cccc6c7cc8c(cc7n(c4c2-c2ccccc2)c65)c2ccccc2n8-c2ccccc2)c1C)CCC=C3. The highest BCUT2D eigenvalue weighted by molar-refractivity contribution is 6.31. The van der Waals surface area contributed by atoms with Crippen molar-refractivity contribution in [1.29, 1.82) is 0 Å². The van der Waals surface area contributed by atoms with Gasteiger partial charge in [0.25, 0.3) is 0 Å². The van der Waals surface area contributed by atoms with E-state index in [9.17, 15) is 0 Å². The summed E-state index contributed by atoms with van der Waals surface area (Å²) in [5, 5.41) is 8.92. The number of fused-ring (bicyclic) bond motifs is 12. The van der Waals surface area contributed by atoms with Gasteiger partial charge in [-0.3, -0.25) is 0 Å². The summed E-state index contributed by atoms with van der Waals surface area (Å²) in [5.41, 5.74) is 26.4. The lowest BCUT2D eigenvalue weighted by Gasteiger charge is -2.23. The Bertz CT molecular complexity index is 4550. The maximum Gasteiger partial charge on any atom is 0.0632 e. The Hall–Kier alpha value is -8.92. The van der Waals surface area contributed by atoms with Crippen LogP contribution in [0.4, 0.5) is 0 Å². The van der Waals surface area contributed by atoms with Crippen molar-refractivity contribution in [3.05, 3.63) is 240 Å². The Morgan fingerprint density at radius 1 is 0.375 bits per heavy atom. The molecule has 3 heteroatoms. The summed E-state index contributed by atoms with van der Waals surface area (Å²) in [6.45, 7) is 7.04. The number of para-hydroxylation sites is 4. The first-order chi connectivity index (χ1) is 35.5. The van der Waals surface area contributed by atoms with Gasteiger partial charge in [0, 0.05) is 65.9 Å². The number of aromatic nitrogens is 3. The minimum Gasteiger partial charge on any atom is -0.313 e. The molecule has 1 aliphatic rings. The van der Waals surface area contributed by atoms with Gasteiger partial charge in [0.1, 0.15) is 0 Å². The topological polar surface area (TPSA) is 14.3 Å². The Balaban J connectivity index is 1.08. The van der Waals surface area contributed by atoms with E-state index in [0.29, 0.717) is 0 Å². The standard InChI is InChI=1S/C69H49N3/c1-42-38-56-51-30-16-18-36-59(51)70(47-26-12-6-13-27-47)61(56)39-55(42)49-32-20-33-50(43(49)2)65-44(3)64(45-22-8-4-9-23-45)67-54-35-21-34-53-58-41-62-57(52-31-17-19-37-60(52)71(62)48-28-14-7-15-29-48)40-63(58)72(68(53)54)69(67)66(65)46-24-10-5-11-25-46/h4-17,19-35,37-41H,18,36H2,1-3H3. The summed E-state index contributed by atoms with van der Waals surface area (Å²) in [6.07, 6.45) is 6.77. The molecule has 0 radical (unpaired) electrons. The number of allylic oxidation sites excluding steroid dienone is 1. The first-order valence-electron chi connectivity index (χ1n) is 25.4. The van der Waals surface area contributed by atoms with Crippen LogP contribution in [0.15, 0.2) is 212 Å². The first-order valence-corrected chi connectivity index (χ1v) is 25.4. The second-order valence-electron chi connectivity index (χ2n) is 20.0. The van der Waals surface area contributed by atoms with Gasteiger partial charge in [0.15, 0.2) is 0 Å². The number of aryl methyl sites for hydroxylation is 1. The minimum atomic E-state index is 1.02. The van der Waals surface area contributed by atoms with Gasteiger partial charge in [-0.15, -0.1) is 0 Å². The molecule has 0 N–H and O–H groups in total. The summed E-state index contributed by atoms with van der Waals surface area (Å²) < 4.78 is 7.61. The lowest BCUT2D eigenvalue weighted by atomic mass is 9.80. The second-order valence-corrected chi connectivity index (χ2v) is 20.0. The van der Waals surface area contributed by atoms with Crippen molar-refractivity contribution in [2.24, 2.45) is 0 Å². The van der Waals surface area contributed by atoms with Crippen molar-refractivity contribution in [2.75, 3.05) is 0 Å². The maximum atomic E-state index is 2.65. The fourth-order valence-corrected chi connectivity index (χ4v) is 13.1. The van der Waals surface area contributed by atoms with Crippen molar-refractivity contribution in [2.45, 2.75) is 33.6 Å². The number of hydrogen-bond acceptors (Lipinski definition) is 0. The van der Waals surface area contributed by atoms with Gasteiger partial charge in [0.05, 0.1) is 33.1 Å². The van der Waals surface area contributed by atoms with Crippen LogP contribution >= 0.6 is 0 Å². The quantitative estimate of drug-likeness (QED) is 0.158. The van der Waals surface area contributed by atoms with Gasteiger partial charge >= 0.3 is 0 Å². The van der Waals surface area contributed by atoms with Crippen LogP contribution in [0, 0.1) is 20.8 Å². The zero-order valence-electron chi connectivity index (χ0n) is 40.5. The van der Waals surface area contributed by atoms with E-state index in [-0.39, 0.29) is 0 Å². The molecule has 0 unspecified atom stereocenters. The van der Waals surface area contributed by atoms with Crippen molar-refractivity contribution in [3.63, 3.8) is 0 Å². The Labute approximate surface area is 418 Å². The fraction of sp³-hybridized carbons (Fsp3) is 0.0725. The molecule has 3 nitrogen and oxygen atoms in total. The van der Waals surface area contributed by atoms with Crippen LogP contribution in [0.2, 0.25) is 0 Å². The summed E-state index contributed by atoms with van der Waals surface area (Å²) in [6, 6.07) is 76.9. The van der Waals surface area contributed by atoms with Crippen LogP contribution in [-0.4, -0.2) is 13.5 Å². The fourth-order valence-electron chi connectivity index (χ4n) is 13.1. The molecule has 0 aliphatic heterocycles. The molecule has 4 aromatic heterocycles. The molecule has 4 heterocycles. The molecular formula is C69H49N3. The van der Waals surface area contributed by atoms with Crippen LogP contribution in [0.25, 0.3) is 133 Å². The molecule has 15 rings (SSSR count). The van der Waals surface area contributed by atoms with Crippen molar-refractivity contribution >= 4 is 76.9 Å². The van der Waals surface area contributed by atoms with Crippen molar-refractivity contribution < 1.29 is 0 Å². The van der Waals surface area contributed by atoms with E-state index in [1.807, 2.05) is 0 Å². The van der Waals surface area contributed by atoms with Gasteiger partial charge in [-0.25, -0.2) is 0 Å². The van der Waals surface area contributed by atoms with Gasteiger partial charge in [-0.1, -0.05) is 164 Å². The van der Waals surface area contributed by atoms with E-state index >= 15 is 0 Å². The van der Waals surface area contributed by atoms with E-state index in [1.54, 1.807) is 0 Å². The summed E-state index contributed by atoms with van der Waals surface area (Å²) in [5.74, 6) is 0. The molecule has 72 heavy (non-hydrogen) atoms. The number of benzene rings is 10. The molecule has 0 saturated heterocycles. The number of hydrogen-bond donors (Lipinski definition) is 0. The highest BCUT2D eigenvalue weighted by Crippen LogP contribution is 2.53. The van der Waals surface area contributed by atoms with E-state index in [0.717, 1.165) is 18.5 Å². The highest BCUT2D eigenvalue weighted by atomic mass is 15.0. The monoisotopic (exact) mass is 919 g/mol. The zero-order valence-corrected chi connectivity index (χ0v) is 40.5. The number of rotatable bonds is 6. The van der Waals surface area contributed by atoms with E-state index < -0.39 is 0 Å². The van der Waals surface area contributed by atoms with Crippen molar-refractivity contribution in [1.82, 2.24) is 13.5 Å². The van der Waals surface area contributed by atoms with Crippen LogP contribution in [0.3, 0.4) is 0 Å². The van der Waals surface area contributed by atoms with Gasteiger partial charge in [-0.2, -0.15) is 0 Å². The molecule has 0 fully saturated rings. The van der Waals surface area contributed by atoms with Crippen LogP contribution in [-0.2, 0) is 6.42 Å². The minimum absolute atomic E-state index is 1.02. The summed E-state index contributed by atoms with van der Waals surface area (Å²) in [4.78, 5) is 0. The van der Waals surface area contributed by atoms with Crippen LogP contribution in [0.5, 0.6) is 0 Å². The Kier molecular flexibility index (Phi) is 8.83. The lowest BCUT2D eigenvalue weighted by Crippen LogP contribution is -2.02. The van der Waals surface area contributed by atoms with E-state index in [4.69, 9.17) is 0 Å². The third kappa shape index (κ3) is 5.68. The molecule has 0 bridgehead atoms. The van der Waals surface area contributed by atoms with E-state index in [1.165, 1.54) is 149 Å². The molecule has 0 spiro atoms. The van der Waals surface area contributed by atoms with Gasteiger partial charge in [-0.05, 0) is 144 Å². The molecule has 1 aliphatic carbocycles. The first kappa shape index (κ1) is 40.9. The molecule has 0 atom stereocenters. The molecule has 14 aromatic rings. The van der Waals surface area contributed by atoms with Gasteiger partial charge in [0.2, 0.25) is 0 Å². The smallest absolute Gasteiger partial charge is 0.0632 e. The predicted octanol–water partition coefficient (Wildman–Crippen LogP) is 18.4. The molecular weight excluding hydrogens is 871 g/mol. The maximum absolute atomic E-state index is 2.65. The molecule has 0 saturated carbocycles. The highest BCUT2D eigenvalue weighted by Gasteiger charge is 2.30. The lowest BCUT2D eigenvalue weighted by molar-refractivity contribution is 0.888. The van der Waals surface area contributed by atoms with Crippen LogP contribution < -0.4 is 0 Å². The number of nitrogens with zero attached hydrogens (tertiary/aromatic N) is 3. The molecule has 340 valence electrons. The summed E-state index contributed by atoms with van der Waals surface area (Å²) >= 11 is 0. The Morgan fingerprint density at radius 3 is 1.71 bits per heavy atom. The molecule has 10 aromatic carbocycles. The average molecular weight is 920 g/mol. The normalized spacial score (nSPS) is 12.8. The zero-order chi connectivity index (χ0) is 47.8. The predicted molar refractivity (Wildman–Crippen MR) is 306 cm³/mol. The third-order valence-electron chi connectivity index (χ3n) is 16.1. The van der Waals surface area contributed by atoms with E-state index in [2.05, 4.69) is 253 Å².